The maximum Gasteiger partial charge on any atom is 0.272 e. The molecule has 1 amide bonds. The topological polar surface area (TPSA) is 60.0 Å². The molecule has 0 saturated heterocycles. The minimum atomic E-state index is -0.132. The Morgan fingerprint density at radius 2 is 2.05 bits per heavy atom. The molecule has 1 aromatic heterocycles. The highest BCUT2D eigenvalue weighted by atomic mass is 16.1. The number of aryl methyl sites for hydroxylation is 3. The van der Waals surface area contributed by atoms with Gasteiger partial charge in [-0.2, -0.15) is 0 Å². The van der Waals surface area contributed by atoms with Crippen molar-refractivity contribution in [2.75, 3.05) is 11.1 Å². The molecular formula is C15H19N3O. The van der Waals surface area contributed by atoms with Crippen LogP contribution in [0.3, 0.4) is 0 Å². The first kappa shape index (κ1) is 13.2. The van der Waals surface area contributed by atoms with E-state index in [-0.39, 0.29) is 5.91 Å². The predicted molar refractivity (Wildman–Crippen MR) is 78.4 cm³/mol. The molecule has 100 valence electrons. The van der Waals surface area contributed by atoms with E-state index in [1.165, 1.54) is 0 Å². The van der Waals surface area contributed by atoms with Crippen molar-refractivity contribution >= 4 is 17.3 Å². The largest absolute Gasteiger partial charge is 0.397 e. The van der Waals surface area contributed by atoms with Gasteiger partial charge in [-0.1, -0.05) is 12.1 Å². The number of nitrogens with two attached hydrogens (primary N) is 1. The van der Waals surface area contributed by atoms with Crippen LogP contribution in [0.15, 0.2) is 30.5 Å². The molecule has 4 nitrogen and oxygen atoms in total. The summed E-state index contributed by atoms with van der Waals surface area (Å²) in [5.74, 6) is -0.132. The van der Waals surface area contributed by atoms with Crippen molar-refractivity contribution in [2.24, 2.45) is 0 Å². The molecule has 0 radical (unpaired) electrons. The van der Waals surface area contributed by atoms with Crippen LogP contribution in [-0.4, -0.2) is 10.5 Å². The van der Waals surface area contributed by atoms with Gasteiger partial charge >= 0.3 is 0 Å². The molecule has 0 spiro atoms. The first-order chi connectivity index (χ1) is 9.01. The number of carbonyl (C=O) groups excluding carboxylic acids is 1. The Kier molecular flexibility index (Phi) is 3.60. The van der Waals surface area contributed by atoms with E-state index >= 15 is 0 Å². The third-order valence-corrected chi connectivity index (χ3v) is 3.13. The van der Waals surface area contributed by atoms with E-state index in [9.17, 15) is 4.79 Å². The van der Waals surface area contributed by atoms with Crippen LogP contribution >= 0.6 is 0 Å². The second kappa shape index (κ2) is 5.18. The maximum atomic E-state index is 12.3. The minimum Gasteiger partial charge on any atom is -0.397 e. The second-order valence-corrected chi connectivity index (χ2v) is 4.72. The van der Waals surface area contributed by atoms with Gasteiger partial charge in [-0.25, -0.2) is 0 Å². The SMILES string of the molecule is CCn1cc(N)cc1C(=O)Nc1cc(C)ccc1C. The van der Waals surface area contributed by atoms with Crippen LogP contribution < -0.4 is 11.1 Å². The van der Waals surface area contributed by atoms with E-state index in [2.05, 4.69) is 5.32 Å². The van der Waals surface area contributed by atoms with E-state index in [1.807, 2.05) is 43.5 Å². The van der Waals surface area contributed by atoms with Gasteiger partial charge in [0.25, 0.3) is 5.91 Å². The van der Waals surface area contributed by atoms with E-state index < -0.39 is 0 Å². The van der Waals surface area contributed by atoms with Gasteiger partial charge < -0.3 is 15.6 Å². The lowest BCUT2D eigenvalue weighted by molar-refractivity contribution is 0.101. The fraction of sp³-hybridized carbons (Fsp3) is 0.267. The van der Waals surface area contributed by atoms with Crippen molar-refractivity contribution in [2.45, 2.75) is 27.3 Å². The van der Waals surface area contributed by atoms with E-state index in [0.717, 1.165) is 16.8 Å². The van der Waals surface area contributed by atoms with Gasteiger partial charge in [0.15, 0.2) is 0 Å². The molecule has 2 rings (SSSR count). The standard InChI is InChI=1S/C15H19N3O/c1-4-18-9-12(16)8-14(18)15(19)17-13-7-10(2)5-6-11(13)3/h5-9H,4,16H2,1-3H3,(H,17,19). The average molecular weight is 257 g/mol. The van der Waals surface area contributed by atoms with Crippen molar-refractivity contribution in [3.8, 4) is 0 Å². The Hall–Kier alpha value is -2.23. The van der Waals surface area contributed by atoms with Gasteiger partial charge in [-0.15, -0.1) is 0 Å². The lowest BCUT2D eigenvalue weighted by Crippen LogP contribution is -2.17. The number of amides is 1. The van der Waals surface area contributed by atoms with Crippen molar-refractivity contribution in [3.63, 3.8) is 0 Å². The Labute approximate surface area is 113 Å². The summed E-state index contributed by atoms with van der Waals surface area (Å²) >= 11 is 0. The number of nitrogen functional groups attached to an aromatic ring is 1. The number of rotatable bonds is 3. The van der Waals surface area contributed by atoms with E-state index in [4.69, 9.17) is 5.73 Å². The zero-order chi connectivity index (χ0) is 14.0. The maximum absolute atomic E-state index is 12.3. The quantitative estimate of drug-likeness (QED) is 0.888. The molecule has 4 heteroatoms. The van der Waals surface area contributed by atoms with Crippen LogP contribution in [0.5, 0.6) is 0 Å². The summed E-state index contributed by atoms with van der Waals surface area (Å²) in [7, 11) is 0. The number of carbonyl (C=O) groups is 1. The Balaban J connectivity index is 2.27. The van der Waals surface area contributed by atoms with Crippen LogP contribution in [0.25, 0.3) is 0 Å². The average Bonchev–Trinajstić information content (AvgIpc) is 2.75. The lowest BCUT2D eigenvalue weighted by atomic mass is 10.1. The van der Waals surface area contributed by atoms with Crippen molar-refractivity contribution in [1.82, 2.24) is 4.57 Å². The minimum absolute atomic E-state index is 0.132. The van der Waals surface area contributed by atoms with Gasteiger partial charge in [-0.3, -0.25) is 4.79 Å². The molecule has 0 aliphatic carbocycles. The molecule has 0 unspecified atom stereocenters. The Morgan fingerprint density at radius 1 is 1.32 bits per heavy atom. The first-order valence-corrected chi connectivity index (χ1v) is 6.35. The smallest absolute Gasteiger partial charge is 0.272 e. The monoisotopic (exact) mass is 257 g/mol. The second-order valence-electron chi connectivity index (χ2n) is 4.72. The molecule has 3 N–H and O–H groups in total. The number of hydrogen-bond donors (Lipinski definition) is 2. The molecule has 0 bridgehead atoms. The number of nitrogens with one attached hydrogen (secondary N) is 1. The molecule has 0 saturated carbocycles. The first-order valence-electron chi connectivity index (χ1n) is 6.35. The molecule has 0 atom stereocenters. The molecular weight excluding hydrogens is 238 g/mol. The van der Waals surface area contributed by atoms with Gasteiger partial charge in [0.2, 0.25) is 0 Å². The lowest BCUT2D eigenvalue weighted by Gasteiger charge is -2.10. The zero-order valence-corrected chi connectivity index (χ0v) is 11.5. The summed E-state index contributed by atoms with van der Waals surface area (Å²) in [6.07, 6.45) is 1.78. The molecule has 0 fully saturated rings. The van der Waals surface area contributed by atoms with Crippen LogP contribution in [0.2, 0.25) is 0 Å². The fourth-order valence-corrected chi connectivity index (χ4v) is 2.04. The number of anilines is 2. The van der Waals surface area contributed by atoms with Crippen molar-refractivity contribution in [1.29, 1.82) is 0 Å². The normalized spacial score (nSPS) is 10.5. The predicted octanol–water partition coefficient (Wildman–Crippen LogP) is 2.96. The molecule has 2 aromatic rings. The van der Waals surface area contributed by atoms with Crippen LogP contribution in [-0.2, 0) is 6.54 Å². The van der Waals surface area contributed by atoms with Gasteiger partial charge in [0, 0.05) is 18.4 Å². The van der Waals surface area contributed by atoms with Gasteiger partial charge in [-0.05, 0) is 44.0 Å². The number of aromatic nitrogens is 1. The summed E-state index contributed by atoms with van der Waals surface area (Å²) in [5.41, 5.74) is 9.93. The highest BCUT2D eigenvalue weighted by Gasteiger charge is 2.13. The highest BCUT2D eigenvalue weighted by Crippen LogP contribution is 2.18. The molecule has 19 heavy (non-hydrogen) atoms. The number of benzene rings is 1. The highest BCUT2D eigenvalue weighted by molar-refractivity contribution is 6.04. The van der Waals surface area contributed by atoms with E-state index in [1.54, 1.807) is 12.3 Å². The van der Waals surface area contributed by atoms with Crippen molar-refractivity contribution < 1.29 is 4.79 Å². The van der Waals surface area contributed by atoms with E-state index in [0.29, 0.717) is 17.9 Å². The third kappa shape index (κ3) is 2.78. The van der Waals surface area contributed by atoms with Crippen molar-refractivity contribution in [3.05, 3.63) is 47.3 Å². The summed E-state index contributed by atoms with van der Waals surface area (Å²) < 4.78 is 1.84. The Bertz CT molecular complexity index is 614. The molecule has 0 aliphatic rings. The Morgan fingerprint density at radius 3 is 2.74 bits per heavy atom. The number of nitrogens with zero attached hydrogens (tertiary/aromatic N) is 1. The summed E-state index contributed by atoms with van der Waals surface area (Å²) in [6, 6.07) is 7.69. The molecule has 1 heterocycles. The summed E-state index contributed by atoms with van der Waals surface area (Å²) in [6.45, 7) is 6.67. The molecule has 1 aromatic carbocycles. The third-order valence-electron chi connectivity index (χ3n) is 3.13. The number of hydrogen-bond acceptors (Lipinski definition) is 2. The van der Waals surface area contributed by atoms with Gasteiger partial charge in [0.1, 0.15) is 5.69 Å². The van der Waals surface area contributed by atoms with Crippen LogP contribution in [0, 0.1) is 13.8 Å². The molecule has 0 aliphatic heterocycles. The summed E-state index contributed by atoms with van der Waals surface area (Å²) in [5, 5.41) is 2.94. The summed E-state index contributed by atoms with van der Waals surface area (Å²) in [4.78, 5) is 12.3. The van der Waals surface area contributed by atoms with Crippen LogP contribution in [0.4, 0.5) is 11.4 Å². The zero-order valence-electron chi connectivity index (χ0n) is 11.5. The fourth-order valence-electron chi connectivity index (χ4n) is 2.04. The van der Waals surface area contributed by atoms with Gasteiger partial charge in [0.05, 0.1) is 5.69 Å². The van der Waals surface area contributed by atoms with Crippen LogP contribution in [0.1, 0.15) is 28.5 Å².